The van der Waals surface area contributed by atoms with Crippen molar-refractivity contribution in [3.63, 3.8) is 0 Å². The summed E-state index contributed by atoms with van der Waals surface area (Å²) in [6, 6.07) is 1.69. The highest BCUT2D eigenvalue weighted by Crippen LogP contribution is 2.31. The van der Waals surface area contributed by atoms with Crippen LogP contribution in [0.2, 0.25) is 0 Å². The number of amides is 1. The van der Waals surface area contributed by atoms with Crippen molar-refractivity contribution in [3.8, 4) is 5.00 Å². The molecule has 0 aliphatic carbocycles. The molecule has 2 heterocycles. The lowest BCUT2D eigenvalue weighted by atomic mass is 10.3. The van der Waals surface area contributed by atoms with Crippen LogP contribution < -0.4 is 5.32 Å². The molecule has 2 rings (SSSR count). The Morgan fingerprint density at radius 1 is 1.39 bits per heavy atom. The zero-order valence-corrected chi connectivity index (χ0v) is 11.2. The molecule has 5 nitrogen and oxygen atoms in total. The highest BCUT2D eigenvalue weighted by molar-refractivity contribution is 7.17. The third kappa shape index (κ3) is 2.48. The first-order valence-electron chi connectivity index (χ1n) is 5.40. The van der Waals surface area contributed by atoms with Crippen LogP contribution in [0.15, 0.2) is 18.6 Å². The molecule has 0 bridgehead atoms. The van der Waals surface area contributed by atoms with Gasteiger partial charge >= 0.3 is 0 Å². The highest BCUT2D eigenvalue weighted by Gasteiger charge is 2.14. The van der Waals surface area contributed by atoms with Crippen LogP contribution in [0.1, 0.15) is 29.2 Å². The molecule has 0 fully saturated rings. The summed E-state index contributed by atoms with van der Waals surface area (Å²) in [7, 11) is 0. The molecule has 0 saturated carbocycles. The number of thiophene rings is 1. The Morgan fingerprint density at radius 3 is 2.61 bits per heavy atom. The Hall–Kier alpha value is -1.95. The molecular formula is C12H13N3O2S. The van der Waals surface area contributed by atoms with Gasteiger partial charge in [0, 0.05) is 13.1 Å². The lowest BCUT2D eigenvalue weighted by molar-refractivity contribution is -0.114. The van der Waals surface area contributed by atoms with E-state index in [-0.39, 0.29) is 11.7 Å². The predicted molar refractivity (Wildman–Crippen MR) is 70.5 cm³/mol. The molecule has 0 unspecified atom stereocenters. The van der Waals surface area contributed by atoms with Gasteiger partial charge in [0.05, 0.1) is 16.3 Å². The lowest BCUT2D eigenvalue weighted by Crippen LogP contribution is -2.06. The first-order chi connectivity index (χ1) is 8.47. The summed E-state index contributed by atoms with van der Waals surface area (Å²) in [6.45, 7) is 4.83. The number of aromatic nitrogens is 2. The van der Waals surface area contributed by atoms with Crippen LogP contribution >= 0.6 is 11.3 Å². The van der Waals surface area contributed by atoms with Crippen LogP contribution in [-0.4, -0.2) is 21.2 Å². The largest absolute Gasteiger partial charge is 0.324 e. The molecule has 0 aromatic carbocycles. The number of carbonyl (C=O) groups excluding carboxylic acids is 2. The maximum atomic E-state index is 11.4. The molecule has 0 atom stereocenters. The van der Waals surface area contributed by atoms with E-state index in [0.717, 1.165) is 10.7 Å². The first kappa shape index (κ1) is 12.5. The summed E-state index contributed by atoms with van der Waals surface area (Å²) < 4.78 is 1.80. The van der Waals surface area contributed by atoms with Crippen LogP contribution in [0, 0.1) is 6.92 Å². The molecule has 0 saturated heterocycles. The second-order valence-corrected chi connectivity index (χ2v) is 5.02. The zero-order chi connectivity index (χ0) is 13.3. The number of anilines is 1. The second kappa shape index (κ2) is 4.73. The van der Waals surface area contributed by atoms with Gasteiger partial charge in [-0.25, -0.2) is 4.98 Å². The summed E-state index contributed by atoms with van der Waals surface area (Å²) in [5.41, 5.74) is 1.51. The molecule has 18 heavy (non-hydrogen) atoms. The molecular weight excluding hydrogens is 250 g/mol. The summed E-state index contributed by atoms with van der Waals surface area (Å²) in [5.74, 6) is -0.185. The Morgan fingerprint density at radius 2 is 2.11 bits per heavy atom. The number of carbonyl (C=O) groups is 2. The number of nitrogens with zero attached hydrogens (tertiary/aromatic N) is 2. The molecule has 0 spiro atoms. The highest BCUT2D eigenvalue weighted by atomic mass is 32.1. The summed E-state index contributed by atoms with van der Waals surface area (Å²) >= 11 is 1.33. The van der Waals surface area contributed by atoms with Crippen LogP contribution in [0.25, 0.3) is 5.00 Å². The van der Waals surface area contributed by atoms with Gasteiger partial charge in [0.25, 0.3) is 0 Å². The van der Waals surface area contributed by atoms with Gasteiger partial charge in [-0.15, -0.1) is 11.3 Å². The second-order valence-electron chi connectivity index (χ2n) is 3.99. The number of imidazole rings is 1. The minimum absolute atomic E-state index is 0.0188. The summed E-state index contributed by atoms with van der Waals surface area (Å²) in [6.07, 6.45) is 3.51. The number of ketones is 1. The van der Waals surface area contributed by atoms with E-state index in [4.69, 9.17) is 0 Å². The van der Waals surface area contributed by atoms with Crippen LogP contribution in [0.3, 0.4) is 0 Å². The number of nitrogens with one attached hydrogen (secondary N) is 1. The van der Waals surface area contributed by atoms with Crippen molar-refractivity contribution in [2.75, 3.05) is 5.32 Å². The summed E-state index contributed by atoms with van der Waals surface area (Å²) in [4.78, 5) is 27.3. The molecule has 0 radical (unpaired) electrons. The zero-order valence-electron chi connectivity index (χ0n) is 10.4. The van der Waals surface area contributed by atoms with Gasteiger partial charge in [0.15, 0.2) is 5.78 Å². The normalized spacial score (nSPS) is 10.4. The maximum absolute atomic E-state index is 11.4. The van der Waals surface area contributed by atoms with Gasteiger partial charge in [-0.3, -0.25) is 14.2 Å². The van der Waals surface area contributed by atoms with Crippen molar-refractivity contribution in [2.24, 2.45) is 0 Å². The van der Waals surface area contributed by atoms with Crippen molar-refractivity contribution in [2.45, 2.75) is 20.8 Å². The van der Waals surface area contributed by atoms with Crippen LogP contribution in [0.5, 0.6) is 0 Å². The number of Topliss-reactive ketones (excluding diaryl/α,β-unsaturated/α-hetero) is 1. The van der Waals surface area contributed by atoms with E-state index in [1.165, 1.54) is 25.2 Å². The lowest BCUT2D eigenvalue weighted by Gasteiger charge is -2.03. The van der Waals surface area contributed by atoms with Crippen molar-refractivity contribution in [1.29, 1.82) is 0 Å². The van der Waals surface area contributed by atoms with E-state index in [0.29, 0.717) is 10.6 Å². The van der Waals surface area contributed by atoms with E-state index in [1.54, 1.807) is 17.0 Å². The Labute approximate surface area is 108 Å². The third-order valence-electron chi connectivity index (χ3n) is 2.32. The van der Waals surface area contributed by atoms with E-state index in [2.05, 4.69) is 10.3 Å². The van der Waals surface area contributed by atoms with Gasteiger partial charge < -0.3 is 5.32 Å². The minimum atomic E-state index is -0.166. The van der Waals surface area contributed by atoms with Crippen molar-refractivity contribution in [3.05, 3.63) is 29.2 Å². The van der Waals surface area contributed by atoms with Gasteiger partial charge in [0.2, 0.25) is 5.91 Å². The predicted octanol–water partition coefficient (Wildman–Crippen LogP) is 2.40. The monoisotopic (exact) mass is 263 g/mol. The standard InChI is InChI=1S/C12H13N3O2S/c1-7-5-15(6-13-7)12-10(14-9(3)17)4-11(18-12)8(2)16/h4-6H,1-3H3,(H,14,17). The molecule has 1 amide bonds. The topological polar surface area (TPSA) is 64.0 Å². The van der Waals surface area contributed by atoms with Crippen molar-refractivity contribution >= 4 is 28.7 Å². The third-order valence-corrected chi connectivity index (χ3v) is 3.57. The Balaban J connectivity index is 2.49. The first-order valence-corrected chi connectivity index (χ1v) is 6.22. The average molecular weight is 263 g/mol. The van der Waals surface area contributed by atoms with E-state index in [1.807, 2.05) is 13.1 Å². The van der Waals surface area contributed by atoms with Crippen molar-refractivity contribution in [1.82, 2.24) is 9.55 Å². The van der Waals surface area contributed by atoms with E-state index < -0.39 is 0 Å². The van der Waals surface area contributed by atoms with E-state index >= 15 is 0 Å². The number of rotatable bonds is 3. The molecule has 6 heteroatoms. The molecule has 94 valence electrons. The number of hydrogen-bond acceptors (Lipinski definition) is 4. The average Bonchev–Trinajstić information content (AvgIpc) is 2.83. The van der Waals surface area contributed by atoms with Gasteiger partial charge in [-0.2, -0.15) is 0 Å². The quantitative estimate of drug-likeness (QED) is 0.865. The number of hydrogen-bond donors (Lipinski definition) is 1. The molecule has 2 aromatic rings. The Bertz CT molecular complexity index is 613. The molecule has 0 aliphatic heterocycles. The maximum Gasteiger partial charge on any atom is 0.221 e. The molecule has 0 aliphatic rings. The van der Waals surface area contributed by atoms with Gasteiger partial charge in [0.1, 0.15) is 11.3 Å². The van der Waals surface area contributed by atoms with Crippen LogP contribution in [0.4, 0.5) is 5.69 Å². The van der Waals surface area contributed by atoms with E-state index in [9.17, 15) is 9.59 Å². The molecule has 2 aromatic heterocycles. The van der Waals surface area contributed by atoms with Gasteiger partial charge in [-0.05, 0) is 19.9 Å². The smallest absolute Gasteiger partial charge is 0.221 e. The van der Waals surface area contributed by atoms with Crippen LogP contribution in [-0.2, 0) is 4.79 Å². The summed E-state index contributed by atoms with van der Waals surface area (Å²) in [5, 5.41) is 3.52. The number of aryl methyl sites for hydroxylation is 1. The minimum Gasteiger partial charge on any atom is -0.324 e. The molecule has 1 N–H and O–H groups in total. The fourth-order valence-corrected chi connectivity index (χ4v) is 2.51. The SMILES string of the molecule is CC(=O)Nc1cc(C(C)=O)sc1-n1cnc(C)c1. The van der Waals surface area contributed by atoms with Crippen molar-refractivity contribution < 1.29 is 9.59 Å². The fourth-order valence-electron chi connectivity index (χ4n) is 1.56. The van der Waals surface area contributed by atoms with Gasteiger partial charge in [-0.1, -0.05) is 0 Å². The fraction of sp³-hybridized carbons (Fsp3) is 0.250. The Kier molecular flexibility index (Phi) is 3.29.